The van der Waals surface area contributed by atoms with Gasteiger partial charge in [-0.2, -0.15) is 4.57 Å². The molecule has 3 aromatic heterocycles. The standard InChI is InChI=1S/C48H41N3OSi/c1-47(2,3)32-20-23-37-39(28-32)48(49-29-34(53(4,5)6)22-26-40(37)49)38-25-24-36-35-15-9-12-18-43(35)52-45(36)44(38)46-50(41-16-10-11-17-42(41)51(46)48)33-21-19-30-13-7-8-14-31(30)27-33/h7-29H,1-6H3/q+2. The topological polar surface area (TPSA) is 25.8 Å². The van der Waals surface area contributed by atoms with Gasteiger partial charge in [-0.3, -0.25) is 0 Å². The second kappa shape index (κ2) is 10.2. The highest BCUT2D eigenvalue weighted by atomic mass is 28.3. The molecule has 0 radical (unpaired) electrons. The third-order valence-electron chi connectivity index (χ3n) is 11.9. The van der Waals surface area contributed by atoms with Crippen LogP contribution in [0, 0.1) is 0 Å². The zero-order valence-electron chi connectivity index (χ0n) is 31.0. The first-order valence-corrected chi connectivity index (χ1v) is 22.3. The van der Waals surface area contributed by atoms with E-state index in [1.54, 1.807) is 0 Å². The molecule has 11 rings (SSSR count). The number of benzene rings is 6. The van der Waals surface area contributed by atoms with Gasteiger partial charge in [0.05, 0.1) is 24.8 Å². The molecule has 0 bridgehead atoms. The van der Waals surface area contributed by atoms with Crippen molar-refractivity contribution in [3.05, 3.63) is 156 Å². The van der Waals surface area contributed by atoms with E-state index in [0.717, 1.165) is 39.0 Å². The number of fused-ring (bicyclic) bond motifs is 17. The summed E-state index contributed by atoms with van der Waals surface area (Å²) in [4.78, 5) is 0. The van der Waals surface area contributed by atoms with Gasteiger partial charge in [-0.15, -0.1) is 9.13 Å². The molecule has 0 saturated carbocycles. The molecule has 0 fully saturated rings. The van der Waals surface area contributed by atoms with Crippen molar-refractivity contribution in [2.24, 2.45) is 0 Å². The summed E-state index contributed by atoms with van der Waals surface area (Å²) in [6.07, 6.45) is 2.50. The minimum Gasteiger partial charge on any atom is -0.455 e. The van der Waals surface area contributed by atoms with E-state index >= 15 is 0 Å². The van der Waals surface area contributed by atoms with Crippen LogP contribution in [-0.2, 0) is 11.1 Å². The second-order valence-corrected chi connectivity index (χ2v) is 22.2. The maximum atomic E-state index is 7.01. The first-order valence-electron chi connectivity index (χ1n) is 18.8. The van der Waals surface area contributed by atoms with Crippen LogP contribution >= 0.6 is 0 Å². The van der Waals surface area contributed by atoms with Crippen LogP contribution in [0.3, 0.4) is 0 Å². The zero-order valence-corrected chi connectivity index (χ0v) is 32.0. The molecule has 9 aromatic rings. The van der Waals surface area contributed by atoms with Crippen molar-refractivity contribution in [2.45, 2.75) is 51.5 Å². The molecule has 1 spiro atoms. The maximum absolute atomic E-state index is 7.01. The Morgan fingerprint density at radius 1 is 0.679 bits per heavy atom. The summed E-state index contributed by atoms with van der Waals surface area (Å²) in [6, 6.07) is 49.7. The second-order valence-electron chi connectivity index (χ2n) is 17.1. The number of hydrogen-bond acceptors (Lipinski definition) is 1. The third-order valence-corrected chi connectivity index (χ3v) is 14.0. The Bertz CT molecular complexity index is 2980. The lowest BCUT2D eigenvalue weighted by atomic mass is 9.82. The van der Waals surface area contributed by atoms with Gasteiger partial charge in [0, 0.05) is 22.0 Å². The number of para-hydroxylation sites is 3. The summed E-state index contributed by atoms with van der Waals surface area (Å²) in [6.45, 7) is 14.3. The van der Waals surface area contributed by atoms with Gasteiger partial charge in [-0.25, -0.2) is 0 Å². The van der Waals surface area contributed by atoms with Gasteiger partial charge >= 0.3 is 11.5 Å². The fourth-order valence-electron chi connectivity index (χ4n) is 9.31. The Balaban J connectivity index is 1.39. The van der Waals surface area contributed by atoms with Crippen molar-refractivity contribution in [1.29, 1.82) is 0 Å². The molecule has 5 heteroatoms. The smallest absolute Gasteiger partial charge is 0.364 e. The van der Waals surface area contributed by atoms with Gasteiger partial charge in [-0.1, -0.05) is 113 Å². The quantitative estimate of drug-likeness (QED) is 0.130. The predicted molar refractivity (Wildman–Crippen MR) is 219 cm³/mol. The third kappa shape index (κ3) is 3.95. The van der Waals surface area contributed by atoms with E-state index < -0.39 is 13.7 Å². The van der Waals surface area contributed by atoms with Gasteiger partial charge in [0.15, 0.2) is 22.8 Å². The Kier molecular flexibility index (Phi) is 5.93. The van der Waals surface area contributed by atoms with Crippen LogP contribution in [0.4, 0.5) is 0 Å². The van der Waals surface area contributed by atoms with Crippen LogP contribution in [0.15, 0.2) is 144 Å². The number of aromatic nitrogens is 3. The minimum atomic E-state index is -1.72. The number of nitrogens with zero attached hydrogens (tertiary/aromatic N) is 3. The van der Waals surface area contributed by atoms with Gasteiger partial charge in [0.1, 0.15) is 16.8 Å². The van der Waals surface area contributed by atoms with Crippen molar-refractivity contribution >= 4 is 57.0 Å². The predicted octanol–water partition coefficient (Wildman–Crippen LogP) is 10.4. The molecule has 0 N–H and O–H groups in total. The van der Waals surface area contributed by atoms with Crippen molar-refractivity contribution in [3.63, 3.8) is 0 Å². The Morgan fingerprint density at radius 3 is 2.28 bits per heavy atom. The molecule has 0 amide bonds. The lowest BCUT2D eigenvalue weighted by Gasteiger charge is -2.24. The van der Waals surface area contributed by atoms with Crippen LogP contribution in [0.5, 0.6) is 0 Å². The van der Waals surface area contributed by atoms with Crippen LogP contribution in [-0.4, -0.2) is 12.6 Å². The maximum Gasteiger partial charge on any atom is 0.364 e. The molecular formula is C48H41N3OSi+2. The van der Waals surface area contributed by atoms with E-state index in [1.807, 2.05) is 0 Å². The number of furan rings is 1. The van der Waals surface area contributed by atoms with E-state index in [9.17, 15) is 0 Å². The first kappa shape index (κ1) is 30.8. The van der Waals surface area contributed by atoms with E-state index in [0.29, 0.717) is 0 Å². The molecule has 2 aliphatic rings. The molecular weight excluding hydrogens is 663 g/mol. The van der Waals surface area contributed by atoms with Crippen LogP contribution in [0.25, 0.3) is 72.1 Å². The number of rotatable bonds is 2. The summed E-state index contributed by atoms with van der Waals surface area (Å²) < 4.78 is 14.8. The van der Waals surface area contributed by atoms with Crippen LogP contribution in [0.2, 0.25) is 19.6 Å². The summed E-state index contributed by atoms with van der Waals surface area (Å²) in [5.41, 5.74) is 12.1. The highest BCUT2D eigenvalue weighted by molar-refractivity contribution is 6.88. The normalized spacial score (nSPS) is 16.2. The number of hydrogen-bond donors (Lipinski definition) is 0. The monoisotopic (exact) mass is 703 g/mol. The van der Waals surface area contributed by atoms with E-state index in [-0.39, 0.29) is 5.41 Å². The highest BCUT2D eigenvalue weighted by Crippen LogP contribution is 2.52. The zero-order chi connectivity index (χ0) is 36.0. The van der Waals surface area contributed by atoms with Crippen molar-refractivity contribution in [1.82, 2.24) is 4.57 Å². The highest BCUT2D eigenvalue weighted by Gasteiger charge is 2.67. The molecule has 6 aromatic carbocycles. The molecule has 53 heavy (non-hydrogen) atoms. The summed E-state index contributed by atoms with van der Waals surface area (Å²) in [7, 11) is -1.72. The molecule has 4 nitrogen and oxygen atoms in total. The molecule has 2 aliphatic heterocycles. The fraction of sp³-hybridized carbons (Fsp3) is 0.167. The molecule has 1 atom stereocenters. The molecule has 1 unspecified atom stereocenters. The summed E-state index contributed by atoms with van der Waals surface area (Å²) in [5.74, 6) is 1.13. The molecule has 0 saturated heterocycles. The van der Waals surface area contributed by atoms with Gasteiger partial charge < -0.3 is 4.42 Å². The van der Waals surface area contributed by atoms with Crippen molar-refractivity contribution in [3.8, 4) is 28.3 Å². The van der Waals surface area contributed by atoms with E-state index in [1.165, 1.54) is 54.9 Å². The van der Waals surface area contributed by atoms with E-state index in [2.05, 4.69) is 194 Å². The Labute approximate surface area is 310 Å². The van der Waals surface area contributed by atoms with Gasteiger partial charge in [0.25, 0.3) is 0 Å². The Morgan fingerprint density at radius 2 is 1.45 bits per heavy atom. The van der Waals surface area contributed by atoms with Gasteiger partial charge in [-0.05, 0) is 76.3 Å². The van der Waals surface area contributed by atoms with Crippen LogP contribution < -0.4 is 14.3 Å². The Hall–Kier alpha value is -5.78. The summed E-state index contributed by atoms with van der Waals surface area (Å²) in [5, 5.41) is 6.17. The number of pyridine rings is 1. The average Bonchev–Trinajstić information content (AvgIpc) is 3.86. The van der Waals surface area contributed by atoms with Crippen molar-refractivity contribution in [2.75, 3.05) is 0 Å². The number of imidazole rings is 1. The van der Waals surface area contributed by atoms with E-state index in [4.69, 9.17) is 4.42 Å². The minimum absolute atomic E-state index is 0.0319. The largest absolute Gasteiger partial charge is 0.455 e. The molecule has 0 aliphatic carbocycles. The van der Waals surface area contributed by atoms with Crippen LogP contribution in [0.1, 0.15) is 37.5 Å². The molecule has 256 valence electrons. The molecule has 5 heterocycles. The summed E-state index contributed by atoms with van der Waals surface area (Å²) >= 11 is 0. The van der Waals surface area contributed by atoms with Gasteiger partial charge in [0.2, 0.25) is 5.69 Å². The lowest BCUT2D eigenvalue weighted by molar-refractivity contribution is -0.944. The SMILES string of the molecule is CC(C)(C)c1ccc2c(c1)C1(c3ccc4c(oc5ccccc54)c3-c3n(-c4ccc5ccccc5c4)c4ccccc4[n+]31)[n+]1cc([Si](C)(C)C)ccc1-2. The van der Waals surface area contributed by atoms with Crippen molar-refractivity contribution < 1.29 is 13.6 Å². The fourth-order valence-corrected chi connectivity index (χ4v) is 10.4. The lowest BCUT2D eigenvalue weighted by Crippen LogP contribution is -2.72. The first-order chi connectivity index (χ1) is 25.5. The average molecular weight is 704 g/mol.